The summed E-state index contributed by atoms with van der Waals surface area (Å²) in [5.74, 6) is 0.609. The molecule has 0 aromatic heterocycles. The smallest absolute Gasteiger partial charge is 0.409 e. The van der Waals surface area contributed by atoms with Crippen LogP contribution in [0.25, 0.3) is 0 Å². The summed E-state index contributed by atoms with van der Waals surface area (Å²) in [5, 5.41) is 5.19. The largest absolute Gasteiger partial charge is 0.489 e. The molecule has 0 aliphatic heterocycles. The van der Waals surface area contributed by atoms with Crippen molar-refractivity contribution in [2.75, 3.05) is 13.2 Å². The maximum atomic E-state index is 11.8. The Bertz CT molecular complexity index is 716. The summed E-state index contributed by atoms with van der Waals surface area (Å²) >= 11 is 0. The molecule has 27 heavy (non-hydrogen) atoms. The second-order valence-electron chi connectivity index (χ2n) is 5.51. The van der Waals surface area contributed by atoms with Crippen LogP contribution in [-0.2, 0) is 16.1 Å². The normalized spacial score (nSPS) is 10.2. The Morgan fingerprint density at radius 2 is 1.52 bits per heavy atom. The Balaban J connectivity index is 2.10. The first-order valence-corrected chi connectivity index (χ1v) is 8.75. The molecule has 7 heteroatoms. The van der Waals surface area contributed by atoms with E-state index in [0.717, 1.165) is 5.56 Å². The van der Waals surface area contributed by atoms with Crippen LogP contribution in [0.4, 0.5) is 9.59 Å². The second-order valence-corrected chi connectivity index (χ2v) is 5.51. The summed E-state index contributed by atoms with van der Waals surface area (Å²) in [6.45, 7) is 4.25. The SMILES string of the molecule is CCOC(=O)NC(NC(=O)OCC)c1cccc(OCc2ccccc2)c1. The van der Waals surface area contributed by atoms with Gasteiger partial charge in [-0.15, -0.1) is 0 Å². The van der Waals surface area contributed by atoms with Gasteiger partial charge in [0.05, 0.1) is 13.2 Å². The standard InChI is InChI=1S/C20H24N2O5/c1-3-25-19(23)21-18(22-20(24)26-4-2)16-11-8-12-17(13-16)27-14-15-9-6-5-7-10-15/h5-13,18H,3-4,14H2,1-2H3,(H,21,23)(H,22,24). The fraction of sp³-hybridized carbons (Fsp3) is 0.300. The van der Waals surface area contributed by atoms with E-state index in [1.165, 1.54) is 0 Å². The number of ether oxygens (including phenoxy) is 3. The minimum atomic E-state index is -0.816. The molecule has 144 valence electrons. The fourth-order valence-corrected chi connectivity index (χ4v) is 2.31. The first kappa shape index (κ1) is 20.1. The number of amides is 2. The molecule has 0 unspecified atom stereocenters. The predicted molar refractivity (Wildman–Crippen MR) is 100 cm³/mol. The van der Waals surface area contributed by atoms with Crippen molar-refractivity contribution in [1.29, 1.82) is 0 Å². The number of rotatable bonds is 8. The molecule has 2 N–H and O–H groups in total. The molecule has 2 aromatic carbocycles. The highest BCUT2D eigenvalue weighted by atomic mass is 16.6. The molecule has 0 saturated heterocycles. The van der Waals surface area contributed by atoms with Crippen LogP contribution < -0.4 is 15.4 Å². The summed E-state index contributed by atoms with van der Waals surface area (Å²) in [7, 11) is 0. The molecule has 2 amide bonds. The molecule has 0 fully saturated rings. The van der Waals surface area contributed by atoms with Crippen molar-refractivity contribution < 1.29 is 23.8 Å². The van der Waals surface area contributed by atoms with Gasteiger partial charge in [-0.2, -0.15) is 0 Å². The van der Waals surface area contributed by atoms with Crippen molar-refractivity contribution in [1.82, 2.24) is 10.6 Å². The summed E-state index contributed by atoms with van der Waals surface area (Å²) in [4.78, 5) is 23.6. The maximum Gasteiger partial charge on any atom is 0.409 e. The molecule has 0 radical (unpaired) electrons. The van der Waals surface area contributed by atoms with Crippen LogP contribution in [0.15, 0.2) is 54.6 Å². The minimum Gasteiger partial charge on any atom is -0.489 e. The van der Waals surface area contributed by atoms with Gasteiger partial charge >= 0.3 is 12.2 Å². The van der Waals surface area contributed by atoms with E-state index in [0.29, 0.717) is 17.9 Å². The van der Waals surface area contributed by atoms with Gasteiger partial charge < -0.3 is 14.2 Å². The van der Waals surface area contributed by atoms with E-state index in [-0.39, 0.29) is 13.2 Å². The predicted octanol–water partition coefficient (Wildman–Crippen LogP) is 3.76. The zero-order valence-electron chi connectivity index (χ0n) is 15.4. The lowest BCUT2D eigenvalue weighted by molar-refractivity contribution is 0.135. The molecular weight excluding hydrogens is 348 g/mol. The number of hydrogen-bond donors (Lipinski definition) is 2. The van der Waals surface area contributed by atoms with Gasteiger partial charge in [-0.1, -0.05) is 42.5 Å². The molecule has 0 saturated carbocycles. The van der Waals surface area contributed by atoms with Gasteiger partial charge in [0.2, 0.25) is 0 Å². The summed E-state index contributed by atoms with van der Waals surface area (Å²) in [5.41, 5.74) is 1.66. The van der Waals surface area contributed by atoms with Gasteiger partial charge in [0.1, 0.15) is 18.5 Å². The Morgan fingerprint density at radius 3 is 2.11 bits per heavy atom. The van der Waals surface area contributed by atoms with Crippen LogP contribution in [0.5, 0.6) is 5.75 Å². The number of hydrogen-bond acceptors (Lipinski definition) is 5. The first-order valence-electron chi connectivity index (χ1n) is 8.75. The van der Waals surface area contributed by atoms with Gasteiger partial charge in [0, 0.05) is 0 Å². The van der Waals surface area contributed by atoms with Crippen molar-refractivity contribution >= 4 is 12.2 Å². The van der Waals surface area contributed by atoms with Gasteiger partial charge in [-0.05, 0) is 37.1 Å². The number of carbonyl (C=O) groups excluding carboxylic acids is 2. The Kier molecular flexibility index (Phi) is 7.96. The lowest BCUT2D eigenvalue weighted by atomic mass is 10.1. The third-order valence-corrected chi connectivity index (χ3v) is 3.51. The summed E-state index contributed by atoms with van der Waals surface area (Å²) in [6, 6.07) is 16.9. The van der Waals surface area contributed by atoms with Crippen molar-refractivity contribution in [2.45, 2.75) is 26.6 Å². The topological polar surface area (TPSA) is 85.9 Å². The van der Waals surface area contributed by atoms with Gasteiger partial charge in [-0.25, -0.2) is 9.59 Å². The molecule has 2 rings (SSSR count). The molecule has 0 spiro atoms. The second kappa shape index (κ2) is 10.7. The molecule has 0 bridgehead atoms. The molecule has 0 aliphatic rings. The van der Waals surface area contributed by atoms with E-state index in [9.17, 15) is 9.59 Å². The van der Waals surface area contributed by atoms with Crippen molar-refractivity contribution in [3.05, 3.63) is 65.7 Å². The van der Waals surface area contributed by atoms with E-state index in [1.54, 1.807) is 38.1 Å². The van der Waals surface area contributed by atoms with Crippen LogP contribution in [0.2, 0.25) is 0 Å². The fourth-order valence-electron chi connectivity index (χ4n) is 2.31. The van der Waals surface area contributed by atoms with Gasteiger partial charge in [-0.3, -0.25) is 10.6 Å². The van der Waals surface area contributed by atoms with Crippen LogP contribution in [-0.4, -0.2) is 25.4 Å². The maximum absolute atomic E-state index is 11.8. The highest BCUT2D eigenvalue weighted by molar-refractivity contribution is 5.71. The highest BCUT2D eigenvalue weighted by Crippen LogP contribution is 2.19. The number of benzene rings is 2. The number of nitrogens with one attached hydrogen (secondary N) is 2. The van der Waals surface area contributed by atoms with E-state index < -0.39 is 18.4 Å². The van der Waals surface area contributed by atoms with Crippen molar-refractivity contribution in [3.63, 3.8) is 0 Å². The number of carbonyl (C=O) groups is 2. The molecule has 0 atom stereocenters. The van der Waals surface area contributed by atoms with Crippen LogP contribution in [0.1, 0.15) is 31.1 Å². The third kappa shape index (κ3) is 6.89. The molecule has 0 aliphatic carbocycles. The molecule has 0 heterocycles. The monoisotopic (exact) mass is 372 g/mol. The van der Waals surface area contributed by atoms with Crippen LogP contribution >= 0.6 is 0 Å². The average Bonchev–Trinajstić information content (AvgIpc) is 2.67. The molecule has 2 aromatic rings. The average molecular weight is 372 g/mol. The zero-order chi connectivity index (χ0) is 19.5. The van der Waals surface area contributed by atoms with E-state index in [4.69, 9.17) is 14.2 Å². The van der Waals surface area contributed by atoms with Crippen LogP contribution in [0, 0.1) is 0 Å². The Morgan fingerprint density at radius 1 is 0.889 bits per heavy atom. The third-order valence-electron chi connectivity index (χ3n) is 3.51. The Hall–Kier alpha value is -3.22. The lowest BCUT2D eigenvalue weighted by Gasteiger charge is -2.20. The van der Waals surface area contributed by atoms with E-state index in [1.807, 2.05) is 30.3 Å². The van der Waals surface area contributed by atoms with E-state index >= 15 is 0 Å². The minimum absolute atomic E-state index is 0.220. The number of alkyl carbamates (subject to hydrolysis) is 2. The van der Waals surface area contributed by atoms with Crippen molar-refractivity contribution in [2.24, 2.45) is 0 Å². The summed E-state index contributed by atoms with van der Waals surface area (Å²) in [6.07, 6.45) is -2.10. The van der Waals surface area contributed by atoms with Gasteiger partial charge in [0.25, 0.3) is 0 Å². The van der Waals surface area contributed by atoms with Crippen LogP contribution in [0.3, 0.4) is 0 Å². The molecule has 7 nitrogen and oxygen atoms in total. The Labute approximate surface area is 158 Å². The van der Waals surface area contributed by atoms with E-state index in [2.05, 4.69) is 10.6 Å². The quantitative estimate of drug-likeness (QED) is 0.689. The zero-order valence-corrected chi connectivity index (χ0v) is 15.4. The van der Waals surface area contributed by atoms with Gasteiger partial charge in [0.15, 0.2) is 0 Å². The first-order chi connectivity index (χ1) is 13.1. The summed E-state index contributed by atoms with van der Waals surface area (Å²) < 4.78 is 15.6. The lowest BCUT2D eigenvalue weighted by Crippen LogP contribution is -2.41. The highest BCUT2D eigenvalue weighted by Gasteiger charge is 2.19. The molecular formula is C20H24N2O5. The van der Waals surface area contributed by atoms with Crippen molar-refractivity contribution in [3.8, 4) is 5.75 Å².